The van der Waals surface area contributed by atoms with E-state index in [1.807, 2.05) is 17.0 Å². The molecular formula is C14H20BrN3O. The van der Waals surface area contributed by atoms with Crippen LogP contribution in [0.15, 0.2) is 22.8 Å². The first-order chi connectivity index (χ1) is 9.13. The molecule has 2 rings (SSSR count). The summed E-state index contributed by atoms with van der Waals surface area (Å²) in [6, 6.07) is 4.27. The molecule has 0 N–H and O–H groups in total. The smallest absolute Gasteiger partial charge is 0.273 e. The molecule has 5 heteroatoms. The summed E-state index contributed by atoms with van der Waals surface area (Å²) >= 11 is 3.39. The minimum Gasteiger partial charge on any atom is -0.335 e. The summed E-state index contributed by atoms with van der Waals surface area (Å²) in [5, 5.41) is 0. The van der Waals surface area contributed by atoms with Gasteiger partial charge in [0.05, 0.1) is 0 Å². The molecule has 0 saturated carbocycles. The van der Waals surface area contributed by atoms with Crippen LogP contribution in [-0.4, -0.2) is 52.9 Å². The third kappa shape index (κ3) is 3.34. The van der Waals surface area contributed by atoms with Crippen LogP contribution in [0.1, 0.15) is 30.8 Å². The van der Waals surface area contributed by atoms with Gasteiger partial charge in [-0.3, -0.25) is 9.69 Å². The second-order valence-electron chi connectivity index (χ2n) is 4.92. The average Bonchev–Trinajstić information content (AvgIpc) is 2.46. The first kappa shape index (κ1) is 14.5. The molecule has 0 aliphatic carbocycles. The lowest BCUT2D eigenvalue weighted by atomic mass is 10.2. The van der Waals surface area contributed by atoms with E-state index < -0.39 is 0 Å². The fraction of sp³-hybridized carbons (Fsp3) is 0.571. The Hall–Kier alpha value is -0.940. The normalized spacial score (nSPS) is 18.4. The molecule has 1 aliphatic rings. The Kier molecular flexibility index (Phi) is 4.93. The summed E-state index contributed by atoms with van der Waals surface area (Å²) in [4.78, 5) is 20.9. The molecule has 1 aliphatic heterocycles. The highest BCUT2D eigenvalue weighted by Crippen LogP contribution is 2.17. The van der Waals surface area contributed by atoms with Gasteiger partial charge in [-0.15, -0.1) is 0 Å². The van der Waals surface area contributed by atoms with Crippen molar-refractivity contribution in [2.45, 2.75) is 26.3 Å². The Morgan fingerprint density at radius 3 is 2.68 bits per heavy atom. The highest BCUT2D eigenvalue weighted by Gasteiger charge is 2.25. The molecule has 0 radical (unpaired) electrons. The molecule has 1 saturated heterocycles. The van der Waals surface area contributed by atoms with Gasteiger partial charge in [0, 0.05) is 42.9 Å². The second-order valence-corrected chi connectivity index (χ2v) is 5.77. The molecule has 0 bridgehead atoms. The molecule has 0 spiro atoms. The van der Waals surface area contributed by atoms with Gasteiger partial charge in [-0.05, 0) is 41.4 Å². The van der Waals surface area contributed by atoms with Gasteiger partial charge >= 0.3 is 0 Å². The number of hydrogen-bond donors (Lipinski definition) is 0. The van der Waals surface area contributed by atoms with Crippen LogP contribution >= 0.6 is 15.9 Å². The standard InChI is InChI=1S/C14H20BrN3O/c1-3-11(2)17-7-9-18(10-8-17)14(19)13-12(15)5-4-6-16-13/h4-6,11H,3,7-10H2,1-2H3. The zero-order chi connectivity index (χ0) is 13.8. The van der Waals surface area contributed by atoms with Crippen LogP contribution in [0.25, 0.3) is 0 Å². The van der Waals surface area contributed by atoms with Crippen molar-refractivity contribution in [1.82, 2.24) is 14.8 Å². The Morgan fingerprint density at radius 1 is 1.42 bits per heavy atom. The van der Waals surface area contributed by atoms with E-state index in [0.717, 1.165) is 37.1 Å². The number of carbonyl (C=O) groups is 1. The summed E-state index contributed by atoms with van der Waals surface area (Å²) in [6.45, 7) is 7.91. The lowest BCUT2D eigenvalue weighted by molar-refractivity contribution is 0.0573. The highest BCUT2D eigenvalue weighted by atomic mass is 79.9. The van der Waals surface area contributed by atoms with E-state index in [4.69, 9.17) is 0 Å². The van der Waals surface area contributed by atoms with Crippen molar-refractivity contribution in [3.05, 3.63) is 28.5 Å². The third-order valence-corrected chi connectivity index (χ3v) is 4.42. The number of carbonyl (C=O) groups excluding carboxylic acids is 1. The van der Waals surface area contributed by atoms with Crippen molar-refractivity contribution in [2.24, 2.45) is 0 Å². The largest absolute Gasteiger partial charge is 0.335 e. The van der Waals surface area contributed by atoms with Crippen LogP contribution in [0.5, 0.6) is 0 Å². The number of hydrogen-bond acceptors (Lipinski definition) is 3. The molecule has 1 aromatic heterocycles. The highest BCUT2D eigenvalue weighted by molar-refractivity contribution is 9.10. The van der Waals surface area contributed by atoms with Crippen LogP contribution in [0.2, 0.25) is 0 Å². The Morgan fingerprint density at radius 2 is 2.11 bits per heavy atom. The maximum atomic E-state index is 12.4. The first-order valence-electron chi connectivity index (χ1n) is 6.77. The molecule has 0 aromatic carbocycles. The number of rotatable bonds is 3. The first-order valence-corrected chi connectivity index (χ1v) is 7.56. The summed E-state index contributed by atoms with van der Waals surface area (Å²) in [5.41, 5.74) is 0.513. The molecule has 104 valence electrons. The monoisotopic (exact) mass is 325 g/mol. The molecule has 1 amide bonds. The number of aromatic nitrogens is 1. The minimum atomic E-state index is 0.0243. The molecule has 1 atom stereocenters. The van der Waals surface area contributed by atoms with Crippen molar-refractivity contribution in [2.75, 3.05) is 26.2 Å². The number of nitrogens with zero attached hydrogens (tertiary/aromatic N) is 3. The maximum Gasteiger partial charge on any atom is 0.273 e. The maximum absolute atomic E-state index is 12.4. The predicted molar refractivity (Wildman–Crippen MR) is 79.2 cm³/mol. The van der Waals surface area contributed by atoms with E-state index in [2.05, 4.69) is 39.7 Å². The van der Waals surface area contributed by atoms with Crippen molar-refractivity contribution >= 4 is 21.8 Å². The van der Waals surface area contributed by atoms with E-state index in [9.17, 15) is 4.79 Å². The van der Waals surface area contributed by atoms with Crippen LogP contribution < -0.4 is 0 Å². The minimum absolute atomic E-state index is 0.0243. The van der Waals surface area contributed by atoms with Crippen molar-refractivity contribution in [1.29, 1.82) is 0 Å². The van der Waals surface area contributed by atoms with Gasteiger partial charge in [0.1, 0.15) is 5.69 Å². The molecule has 1 aromatic rings. The van der Waals surface area contributed by atoms with Gasteiger partial charge in [0.25, 0.3) is 5.91 Å². The third-order valence-electron chi connectivity index (χ3n) is 3.78. The Bertz CT molecular complexity index is 444. The fourth-order valence-corrected chi connectivity index (χ4v) is 2.74. The van der Waals surface area contributed by atoms with E-state index in [0.29, 0.717) is 11.7 Å². The van der Waals surface area contributed by atoms with Crippen LogP contribution in [-0.2, 0) is 0 Å². The molecule has 2 heterocycles. The predicted octanol–water partition coefficient (Wildman–Crippen LogP) is 2.40. The van der Waals surface area contributed by atoms with Crippen molar-refractivity contribution < 1.29 is 4.79 Å². The Balaban J connectivity index is 1.98. The lowest BCUT2D eigenvalue weighted by Gasteiger charge is -2.37. The summed E-state index contributed by atoms with van der Waals surface area (Å²) in [6.07, 6.45) is 2.81. The van der Waals surface area contributed by atoms with Crippen molar-refractivity contribution in [3.8, 4) is 0 Å². The van der Waals surface area contributed by atoms with Gasteiger partial charge in [-0.25, -0.2) is 4.98 Å². The zero-order valence-electron chi connectivity index (χ0n) is 11.5. The quantitative estimate of drug-likeness (QED) is 0.856. The average molecular weight is 326 g/mol. The Labute approximate surface area is 122 Å². The van der Waals surface area contributed by atoms with Crippen molar-refractivity contribution in [3.63, 3.8) is 0 Å². The van der Waals surface area contributed by atoms with E-state index in [1.54, 1.807) is 6.20 Å². The molecular weight excluding hydrogens is 306 g/mol. The van der Waals surface area contributed by atoms with Gasteiger partial charge in [-0.1, -0.05) is 6.92 Å². The number of amides is 1. The van der Waals surface area contributed by atoms with Gasteiger partial charge in [0.2, 0.25) is 0 Å². The van der Waals surface area contributed by atoms with Crippen LogP contribution in [0.3, 0.4) is 0 Å². The fourth-order valence-electron chi connectivity index (χ4n) is 2.32. The molecule has 4 nitrogen and oxygen atoms in total. The van der Waals surface area contributed by atoms with Gasteiger partial charge < -0.3 is 4.90 Å². The van der Waals surface area contributed by atoms with Gasteiger partial charge in [-0.2, -0.15) is 0 Å². The molecule has 1 unspecified atom stereocenters. The number of pyridine rings is 1. The van der Waals surface area contributed by atoms with E-state index in [-0.39, 0.29) is 5.91 Å². The number of piperazine rings is 1. The van der Waals surface area contributed by atoms with E-state index >= 15 is 0 Å². The lowest BCUT2D eigenvalue weighted by Crippen LogP contribution is -2.51. The molecule has 1 fully saturated rings. The zero-order valence-corrected chi connectivity index (χ0v) is 13.1. The SMILES string of the molecule is CCC(C)N1CCN(C(=O)c2ncccc2Br)CC1. The second kappa shape index (κ2) is 6.48. The van der Waals surface area contributed by atoms with E-state index in [1.165, 1.54) is 0 Å². The summed E-state index contributed by atoms with van der Waals surface area (Å²) in [7, 11) is 0. The van der Waals surface area contributed by atoms with Crippen LogP contribution in [0, 0.1) is 0 Å². The number of halogens is 1. The summed E-state index contributed by atoms with van der Waals surface area (Å²) in [5.74, 6) is 0.0243. The van der Waals surface area contributed by atoms with Gasteiger partial charge in [0.15, 0.2) is 0 Å². The van der Waals surface area contributed by atoms with Crippen LogP contribution in [0.4, 0.5) is 0 Å². The molecule has 19 heavy (non-hydrogen) atoms. The summed E-state index contributed by atoms with van der Waals surface area (Å²) < 4.78 is 0.768. The topological polar surface area (TPSA) is 36.4 Å².